The number of rotatable bonds is 7. The van der Waals surface area contributed by atoms with E-state index < -0.39 is 12.1 Å². The first-order valence-corrected chi connectivity index (χ1v) is 11.9. The Morgan fingerprint density at radius 1 is 1.28 bits per heavy atom. The normalized spacial score (nSPS) is 13.3. The number of halogens is 2. The number of carbonyl (C=O) groups excluding carboxylic acids is 1. The molecule has 0 unspecified atom stereocenters. The lowest BCUT2D eigenvalue weighted by molar-refractivity contribution is -0.147. The number of methoxy groups -OCH3 is 1. The van der Waals surface area contributed by atoms with Crippen molar-refractivity contribution in [1.29, 1.82) is 0 Å². The molecule has 3 aromatic rings. The highest BCUT2D eigenvalue weighted by molar-refractivity contribution is 14.1. The van der Waals surface area contributed by atoms with Crippen LogP contribution in [0, 0.1) is 3.57 Å². The zero-order valence-electron chi connectivity index (χ0n) is 18.1. The van der Waals surface area contributed by atoms with Gasteiger partial charge in [0.15, 0.2) is 6.10 Å². The number of nitrogens with zero attached hydrogens (tertiary/aromatic N) is 3. The standard InChI is InChI=1S/C23H23BrIN3O4/c1-5-13(2)21-27-19-8-7-16(24)11-17(19)22(29)28(21)26-12-15-6-9-20(18(25)10-15)32-14(3)23(30)31-4/h6-14H,5H2,1-4H3/t13-,14-/m1/s1. The third-order valence-corrected chi connectivity index (χ3v) is 6.34. The molecule has 2 atom stereocenters. The fraction of sp³-hybridized carbons (Fsp3) is 0.304. The van der Waals surface area contributed by atoms with E-state index in [1.165, 1.54) is 11.8 Å². The van der Waals surface area contributed by atoms with Crippen LogP contribution in [0.1, 0.15) is 44.5 Å². The smallest absolute Gasteiger partial charge is 0.346 e. The van der Waals surface area contributed by atoms with Crippen LogP contribution >= 0.6 is 38.5 Å². The number of ether oxygens (including phenoxy) is 2. The van der Waals surface area contributed by atoms with Crippen molar-refractivity contribution in [2.75, 3.05) is 7.11 Å². The highest BCUT2D eigenvalue weighted by Gasteiger charge is 2.17. The maximum absolute atomic E-state index is 13.2. The number of aromatic nitrogens is 2. The van der Waals surface area contributed by atoms with Crippen LogP contribution in [0.25, 0.3) is 10.9 Å². The van der Waals surface area contributed by atoms with Crippen molar-refractivity contribution in [2.24, 2.45) is 5.10 Å². The van der Waals surface area contributed by atoms with Gasteiger partial charge in [0.05, 0.1) is 27.8 Å². The van der Waals surface area contributed by atoms with Gasteiger partial charge >= 0.3 is 5.97 Å². The van der Waals surface area contributed by atoms with Crippen LogP contribution in [0.2, 0.25) is 0 Å². The van der Waals surface area contributed by atoms with Gasteiger partial charge in [0.1, 0.15) is 11.6 Å². The van der Waals surface area contributed by atoms with Crippen LogP contribution in [-0.4, -0.2) is 35.1 Å². The lowest BCUT2D eigenvalue weighted by Crippen LogP contribution is -2.25. The molecule has 0 aliphatic heterocycles. The number of hydrogen-bond donors (Lipinski definition) is 0. The van der Waals surface area contributed by atoms with Gasteiger partial charge in [-0.15, -0.1) is 0 Å². The third-order valence-electron chi connectivity index (χ3n) is 5.00. The first-order chi connectivity index (χ1) is 15.2. The zero-order chi connectivity index (χ0) is 23.4. The van der Waals surface area contributed by atoms with Gasteiger partial charge in [-0.05, 0) is 77.9 Å². The van der Waals surface area contributed by atoms with E-state index in [1.54, 1.807) is 25.3 Å². The summed E-state index contributed by atoms with van der Waals surface area (Å²) in [5.41, 5.74) is 1.21. The molecule has 0 radical (unpaired) electrons. The van der Waals surface area contributed by atoms with Gasteiger partial charge < -0.3 is 9.47 Å². The average molecular weight is 612 g/mol. The molecule has 32 heavy (non-hydrogen) atoms. The van der Waals surface area contributed by atoms with Crippen LogP contribution in [0.3, 0.4) is 0 Å². The fourth-order valence-corrected chi connectivity index (χ4v) is 4.03. The van der Waals surface area contributed by atoms with E-state index in [2.05, 4.69) is 43.6 Å². The van der Waals surface area contributed by atoms with Crippen LogP contribution in [-0.2, 0) is 9.53 Å². The molecule has 3 rings (SSSR count). The van der Waals surface area contributed by atoms with Gasteiger partial charge in [0, 0.05) is 10.4 Å². The predicted molar refractivity (Wildman–Crippen MR) is 137 cm³/mol. The number of esters is 1. The lowest BCUT2D eigenvalue weighted by atomic mass is 10.1. The fourth-order valence-electron chi connectivity index (χ4n) is 3.00. The summed E-state index contributed by atoms with van der Waals surface area (Å²) in [6.45, 7) is 5.70. The molecule has 1 aromatic heterocycles. The van der Waals surface area contributed by atoms with Gasteiger partial charge in [0.25, 0.3) is 5.56 Å². The van der Waals surface area contributed by atoms with Crippen molar-refractivity contribution in [1.82, 2.24) is 9.66 Å². The molecule has 0 amide bonds. The Labute approximate surface area is 208 Å². The second kappa shape index (κ2) is 10.6. The zero-order valence-corrected chi connectivity index (χ0v) is 21.9. The lowest BCUT2D eigenvalue weighted by Gasteiger charge is -2.14. The summed E-state index contributed by atoms with van der Waals surface area (Å²) in [6, 6.07) is 10.9. The summed E-state index contributed by atoms with van der Waals surface area (Å²) < 4.78 is 13.3. The Kier molecular flexibility index (Phi) is 8.05. The number of fused-ring (bicyclic) bond motifs is 1. The van der Waals surface area contributed by atoms with E-state index in [9.17, 15) is 9.59 Å². The van der Waals surface area contributed by atoms with Crippen molar-refractivity contribution < 1.29 is 14.3 Å². The number of carbonyl (C=O) groups is 1. The second-order valence-corrected chi connectivity index (χ2v) is 9.35. The second-order valence-electron chi connectivity index (χ2n) is 7.28. The largest absolute Gasteiger partial charge is 0.478 e. The highest BCUT2D eigenvalue weighted by Crippen LogP contribution is 2.24. The molecule has 0 aliphatic rings. The molecule has 0 saturated carbocycles. The minimum atomic E-state index is -0.715. The van der Waals surface area contributed by atoms with E-state index >= 15 is 0 Å². The van der Waals surface area contributed by atoms with Gasteiger partial charge in [0.2, 0.25) is 0 Å². The molecule has 1 heterocycles. The van der Waals surface area contributed by atoms with Crippen LogP contribution in [0.4, 0.5) is 0 Å². The molecule has 2 aromatic carbocycles. The maximum atomic E-state index is 13.2. The van der Waals surface area contributed by atoms with E-state index in [0.717, 1.165) is 20.0 Å². The SMILES string of the molecule is CC[C@@H](C)c1nc2ccc(Br)cc2c(=O)n1N=Cc1ccc(O[C@H](C)C(=O)OC)c(I)c1. The van der Waals surface area contributed by atoms with Crippen molar-refractivity contribution in [2.45, 2.75) is 39.2 Å². The van der Waals surface area contributed by atoms with Crippen LogP contribution in [0.5, 0.6) is 5.75 Å². The van der Waals surface area contributed by atoms with Crippen molar-refractivity contribution in [3.05, 3.63) is 66.2 Å². The Hall–Kier alpha value is -2.27. The molecular weight excluding hydrogens is 589 g/mol. The summed E-state index contributed by atoms with van der Waals surface area (Å²) in [5, 5.41) is 4.98. The summed E-state index contributed by atoms with van der Waals surface area (Å²) in [5.74, 6) is 0.794. The summed E-state index contributed by atoms with van der Waals surface area (Å²) >= 11 is 5.55. The molecule has 168 valence electrons. The minimum Gasteiger partial charge on any atom is -0.478 e. The minimum absolute atomic E-state index is 0.0589. The summed E-state index contributed by atoms with van der Waals surface area (Å²) in [7, 11) is 1.32. The van der Waals surface area contributed by atoms with E-state index in [4.69, 9.17) is 14.5 Å². The topological polar surface area (TPSA) is 82.8 Å². The maximum Gasteiger partial charge on any atom is 0.346 e. The third kappa shape index (κ3) is 5.37. The Balaban J connectivity index is 1.99. The average Bonchev–Trinajstić information content (AvgIpc) is 2.79. The molecule has 0 saturated heterocycles. The summed E-state index contributed by atoms with van der Waals surface area (Å²) in [6.07, 6.45) is 1.73. The Morgan fingerprint density at radius 3 is 2.69 bits per heavy atom. The van der Waals surface area contributed by atoms with Crippen molar-refractivity contribution in [3.8, 4) is 5.75 Å². The van der Waals surface area contributed by atoms with Gasteiger partial charge in [-0.2, -0.15) is 9.78 Å². The van der Waals surface area contributed by atoms with Gasteiger partial charge in [-0.1, -0.05) is 29.8 Å². The molecule has 0 aliphatic carbocycles. The molecule has 0 spiro atoms. The van der Waals surface area contributed by atoms with E-state index in [0.29, 0.717) is 22.5 Å². The van der Waals surface area contributed by atoms with E-state index in [-0.39, 0.29) is 11.5 Å². The monoisotopic (exact) mass is 611 g/mol. The predicted octanol–water partition coefficient (Wildman–Crippen LogP) is 5.10. The van der Waals surface area contributed by atoms with E-state index in [1.807, 2.05) is 38.1 Å². The van der Waals surface area contributed by atoms with Gasteiger partial charge in [-0.25, -0.2) is 9.78 Å². The van der Waals surface area contributed by atoms with Crippen molar-refractivity contribution in [3.63, 3.8) is 0 Å². The first-order valence-electron chi connectivity index (χ1n) is 10.1. The molecule has 7 nitrogen and oxygen atoms in total. The Bertz CT molecular complexity index is 1240. The summed E-state index contributed by atoms with van der Waals surface area (Å²) in [4.78, 5) is 29.5. The van der Waals surface area contributed by atoms with Crippen LogP contribution < -0.4 is 10.3 Å². The quantitative estimate of drug-likeness (QED) is 0.211. The molecule has 0 fully saturated rings. The van der Waals surface area contributed by atoms with Crippen molar-refractivity contribution >= 4 is 61.6 Å². The Morgan fingerprint density at radius 2 is 2.03 bits per heavy atom. The molecule has 9 heteroatoms. The number of hydrogen-bond acceptors (Lipinski definition) is 6. The van der Waals surface area contributed by atoms with Gasteiger partial charge in [-0.3, -0.25) is 4.79 Å². The van der Waals surface area contributed by atoms with Crippen LogP contribution in [0.15, 0.2) is 50.8 Å². The molecule has 0 N–H and O–H groups in total. The first kappa shape index (κ1) is 24.4. The number of benzene rings is 2. The highest BCUT2D eigenvalue weighted by atomic mass is 127. The molecular formula is C23H23BrIN3O4. The molecule has 0 bridgehead atoms.